The van der Waals surface area contributed by atoms with Crippen molar-refractivity contribution < 1.29 is 4.79 Å². The molecule has 1 unspecified atom stereocenters. The van der Waals surface area contributed by atoms with Crippen molar-refractivity contribution in [3.63, 3.8) is 0 Å². The maximum atomic E-state index is 12.1. The number of aryl methyl sites for hydroxylation is 1. The molecule has 0 radical (unpaired) electrons. The number of hydrogen-bond acceptors (Lipinski definition) is 4. The van der Waals surface area contributed by atoms with Crippen LogP contribution in [0, 0.1) is 5.41 Å². The predicted molar refractivity (Wildman–Crippen MR) is 68.2 cm³/mol. The van der Waals surface area contributed by atoms with E-state index in [1.54, 1.807) is 0 Å². The Bertz CT molecular complexity index is 414. The molecule has 1 fully saturated rings. The first-order valence-electron chi connectivity index (χ1n) is 6.14. The topological polar surface area (TPSA) is 54.9 Å². The second-order valence-electron chi connectivity index (χ2n) is 5.48. The molecule has 1 saturated carbocycles. The molecule has 1 aromatic heterocycles. The monoisotopic (exact) mass is 253 g/mol. The van der Waals surface area contributed by atoms with Gasteiger partial charge < -0.3 is 5.32 Å². The minimum atomic E-state index is -0.000417. The van der Waals surface area contributed by atoms with Crippen LogP contribution in [0.3, 0.4) is 0 Å². The molecule has 2 rings (SSSR count). The van der Waals surface area contributed by atoms with Crippen LogP contribution in [-0.2, 0) is 6.42 Å². The number of carbonyl (C=O) groups excluding carboxylic acids is 1. The van der Waals surface area contributed by atoms with E-state index in [1.807, 2.05) is 6.92 Å². The molecule has 0 spiro atoms. The molecule has 1 aromatic rings. The van der Waals surface area contributed by atoms with Gasteiger partial charge in [0.25, 0.3) is 5.91 Å². The third-order valence-corrected chi connectivity index (χ3v) is 4.17. The fraction of sp³-hybridized carbons (Fsp3) is 0.750. The predicted octanol–water partition coefficient (Wildman–Crippen LogP) is 2.41. The Morgan fingerprint density at radius 2 is 2.35 bits per heavy atom. The zero-order valence-corrected chi connectivity index (χ0v) is 11.4. The van der Waals surface area contributed by atoms with E-state index in [0.29, 0.717) is 16.3 Å². The summed E-state index contributed by atoms with van der Waals surface area (Å²) in [7, 11) is 0. The van der Waals surface area contributed by atoms with Gasteiger partial charge in [-0.15, -0.1) is 5.10 Å². The number of hydrogen-bond donors (Lipinski definition) is 1. The van der Waals surface area contributed by atoms with Crippen LogP contribution in [0.25, 0.3) is 0 Å². The van der Waals surface area contributed by atoms with E-state index in [0.717, 1.165) is 25.0 Å². The molecule has 0 aromatic carbocycles. The highest BCUT2D eigenvalue weighted by Crippen LogP contribution is 2.37. The quantitative estimate of drug-likeness (QED) is 0.900. The number of rotatable bonds is 3. The third kappa shape index (κ3) is 2.83. The lowest BCUT2D eigenvalue weighted by molar-refractivity contribution is 0.0939. The number of amides is 1. The van der Waals surface area contributed by atoms with Crippen LogP contribution in [0.2, 0.25) is 0 Å². The largest absolute Gasteiger partial charge is 0.348 e. The highest BCUT2D eigenvalue weighted by Gasteiger charge is 2.32. The van der Waals surface area contributed by atoms with Crippen molar-refractivity contribution >= 4 is 17.4 Å². The zero-order chi connectivity index (χ0) is 12.5. The summed E-state index contributed by atoms with van der Waals surface area (Å²) >= 11 is 1.19. The van der Waals surface area contributed by atoms with Crippen LogP contribution in [0.1, 0.15) is 55.4 Å². The minimum Gasteiger partial charge on any atom is -0.348 e. The molecule has 1 N–H and O–H groups in total. The standard InChI is InChI=1S/C12H19N3OS/c1-4-9-10(17-15-14-9)11(16)13-8-5-6-12(2,3)7-8/h8H,4-7H2,1-3H3,(H,13,16). The number of carbonyl (C=O) groups is 1. The Morgan fingerprint density at radius 1 is 1.59 bits per heavy atom. The first-order valence-corrected chi connectivity index (χ1v) is 6.91. The number of nitrogens with zero attached hydrogens (tertiary/aromatic N) is 2. The van der Waals surface area contributed by atoms with Crippen molar-refractivity contribution in [2.75, 3.05) is 0 Å². The maximum Gasteiger partial charge on any atom is 0.265 e. The van der Waals surface area contributed by atoms with Crippen molar-refractivity contribution in [3.8, 4) is 0 Å². The molecule has 0 aliphatic heterocycles. The lowest BCUT2D eigenvalue weighted by atomic mass is 9.92. The van der Waals surface area contributed by atoms with E-state index in [2.05, 4.69) is 28.8 Å². The van der Waals surface area contributed by atoms with Crippen molar-refractivity contribution in [2.45, 2.75) is 52.5 Å². The summed E-state index contributed by atoms with van der Waals surface area (Å²) in [4.78, 5) is 12.7. The van der Waals surface area contributed by atoms with Gasteiger partial charge in [-0.2, -0.15) is 0 Å². The lowest BCUT2D eigenvalue weighted by Crippen LogP contribution is -2.33. The van der Waals surface area contributed by atoms with E-state index in [9.17, 15) is 4.79 Å². The summed E-state index contributed by atoms with van der Waals surface area (Å²) in [5.41, 5.74) is 1.17. The summed E-state index contributed by atoms with van der Waals surface area (Å²) in [5, 5.41) is 7.07. The van der Waals surface area contributed by atoms with E-state index in [4.69, 9.17) is 0 Å². The summed E-state index contributed by atoms with van der Waals surface area (Å²) < 4.78 is 3.85. The highest BCUT2D eigenvalue weighted by molar-refractivity contribution is 7.08. The molecule has 17 heavy (non-hydrogen) atoms. The molecule has 94 valence electrons. The van der Waals surface area contributed by atoms with Crippen molar-refractivity contribution in [1.29, 1.82) is 0 Å². The fourth-order valence-corrected chi connectivity index (χ4v) is 3.08. The molecule has 5 heteroatoms. The van der Waals surface area contributed by atoms with E-state index >= 15 is 0 Å². The number of nitrogens with one attached hydrogen (secondary N) is 1. The molecule has 1 aliphatic rings. The first-order chi connectivity index (χ1) is 8.02. The average Bonchev–Trinajstić information content (AvgIpc) is 2.84. The Labute approximate surface area is 106 Å². The normalized spacial score (nSPS) is 22.6. The second-order valence-corrected chi connectivity index (χ2v) is 6.23. The first kappa shape index (κ1) is 12.5. The highest BCUT2D eigenvalue weighted by atomic mass is 32.1. The van der Waals surface area contributed by atoms with Crippen LogP contribution >= 0.6 is 11.5 Å². The van der Waals surface area contributed by atoms with Gasteiger partial charge in [0, 0.05) is 6.04 Å². The average molecular weight is 253 g/mol. The summed E-state index contributed by atoms with van der Waals surface area (Å²) in [6.07, 6.45) is 4.08. The summed E-state index contributed by atoms with van der Waals surface area (Å²) in [5.74, 6) is -0.000417. The molecule has 1 aliphatic carbocycles. The lowest BCUT2D eigenvalue weighted by Gasteiger charge is -2.17. The van der Waals surface area contributed by atoms with Crippen molar-refractivity contribution in [2.24, 2.45) is 5.41 Å². The van der Waals surface area contributed by atoms with E-state index in [-0.39, 0.29) is 5.91 Å². The molecular formula is C12H19N3OS. The fourth-order valence-electron chi connectivity index (χ4n) is 2.42. The molecule has 0 bridgehead atoms. The van der Waals surface area contributed by atoms with Crippen LogP contribution in [-0.4, -0.2) is 21.5 Å². The van der Waals surface area contributed by atoms with Gasteiger partial charge in [0.15, 0.2) is 0 Å². The zero-order valence-electron chi connectivity index (χ0n) is 10.6. The minimum absolute atomic E-state index is 0.000417. The van der Waals surface area contributed by atoms with Gasteiger partial charge in [-0.3, -0.25) is 4.79 Å². The second kappa shape index (κ2) is 4.72. The number of aromatic nitrogens is 2. The van der Waals surface area contributed by atoms with Gasteiger partial charge in [-0.1, -0.05) is 25.3 Å². The Balaban J connectivity index is 1.98. The molecule has 0 saturated heterocycles. The van der Waals surface area contributed by atoms with Crippen molar-refractivity contribution in [3.05, 3.63) is 10.6 Å². The molecule has 4 nitrogen and oxygen atoms in total. The van der Waals surface area contributed by atoms with Crippen LogP contribution in [0.5, 0.6) is 0 Å². The molecule has 1 heterocycles. The van der Waals surface area contributed by atoms with E-state index in [1.165, 1.54) is 18.0 Å². The van der Waals surface area contributed by atoms with Gasteiger partial charge in [0.1, 0.15) is 4.88 Å². The summed E-state index contributed by atoms with van der Waals surface area (Å²) in [6, 6.07) is 0.310. The van der Waals surface area contributed by atoms with Gasteiger partial charge in [-0.05, 0) is 42.6 Å². The SMILES string of the molecule is CCc1nnsc1C(=O)NC1CCC(C)(C)C1. The van der Waals surface area contributed by atoms with Gasteiger partial charge >= 0.3 is 0 Å². The smallest absolute Gasteiger partial charge is 0.265 e. The Morgan fingerprint density at radius 3 is 2.94 bits per heavy atom. The van der Waals surface area contributed by atoms with Gasteiger partial charge in [0.05, 0.1) is 5.69 Å². The Kier molecular flexibility index (Phi) is 3.47. The van der Waals surface area contributed by atoms with Gasteiger partial charge in [0.2, 0.25) is 0 Å². The Hall–Kier alpha value is -0.970. The third-order valence-electron chi connectivity index (χ3n) is 3.40. The van der Waals surface area contributed by atoms with Gasteiger partial charge in [-0.25, -0.2) is 0 Å². The van der Waals surface area contributed by atoms with Crippen LogP contribution in [0.4, 0.5) is 0 Å². The maximum absolute atomic E-state index is 12.1. The molecule has 1 amide bonds. The van der Waals surface area contributed by atoms with Crippen LogP contribution < -0.4 is 5.32 Å². The van der Waals surface area contributed by atoms with Crippen LogP contribution in [0.15, 0.2) is 0 Å². The van der Waals surface area contributed by atoms with Crippen molar-refractivity contribution in [1.82, 2.24) is 14.9 Å². The molecule has 1 atom stereocenters. The summed E-state index contributed by atoms with van der Waals surface area (Å²) in [6.45, 7) is 6.50. The van der Waals surface area contributed by atoms with E-state index < -0.39 is 0 Å². The molecular weight excluding hydrogens is 234 g/mol.